The highest BCUT2D eigenvalue weighted by molar-refractivity contribution is 5.76. The first-order chi connectivity index (χ1) is 5.81. The van der Waals surface area contributed by atoms with E-state index < -0.39 is 0 Å². The summed E-state index contributed by atoms with van der Waals surface area (Å²) in [5, 5.41) is 4.43. The van der Waals surface area contributed by atoms with Gasteiger partial charge in [-0.25, -0.2) is 4.39 Å². The van der Waals surface area contributed by atoms with Crippen LogP contribution in [-0.4, -0.2) is 5.16 Å². The summed E-state index contributed by atoms with van der Waals surface area (Å²) in [6.45, 7) is 1.91. The van der Waals surface area contributed by atoms with Gasteiger partial charge >= 0.3 is 0 Å². The largest absolute Gasteiger partial charge is 0.356 e. The molecule has 1 aromatic carbocycles. The first-order valence-corrected chi connectivity index (χ1v) is 3.84. The monoisotopic (exact) mass is 165 g/mol. The van der Waals surface area contributed by atoms with Crippen LogP contribution < -0.4 is 0 Å². The number of benzene rings is 1. The maximum Gasteiger partial charge on any atom is 0.169 e. The van der Waals surface area contributed by atoms with E-state index in [0.717, 1.165) is 5.39 Å². The van der Waals surface area contributed by atoms with Crippen LogP contribution in [0.3, 0.4) is 0 Å². The Bertz CT molecular complexity index is 408. The van der Waals surface area contributed by atoms with Gasteiger partial charge in [-0.15, -0.1) is 0 Å². The fraction of sp³-hybridized carbons (Fsp3) is 0.222. The van der Waals surface area contributed by atoms with Gasteiger partial charge in [-0.05, 0) is 18.1 Å². The maximum atomic E-state index is 13.1. The predicted octanol–water partition coefficient (Wildman–Crippen LogP) is 2.53. The van der Waals surface area contributed by atoms with Crippen molar-refractivity contribution in [2.75, 3.05) is 0 Å². The Morgan fingerprint density at radius 2 is 2.33 bits per heavy atom. The lowest BCUT2D eigenvalue weighted by Crippen LogP contribution is -1.85. The SMILES string of the molecule is CCc1cc2cnoc2cc1F. The lowest BCUT2D eigenvalue weighted by Gasteiger charge is -1.96. The van der Waals surface area contributed by atoms with Crippen molar-refractivity contribution in [3.63, 3.8) is 0 Å². The summed E-state index contributed by atoms with van der Waals surface area (Å²) >= 11 is 0. The number of hydrogen-bond donors (Lipinski definition) is 0. The molecule has 0 unspecified atom stereocenters. The number of nitrogens with zero attached hydrogens (tertiary/aromatic N) is 1. The topological polar surface area (TPSA) is 26.0 Å². The van der Waals surface area contributed by atoms with Crippen molar-refractivity contribution < 1.29 is 8.91 Å². The summed E-state index contributed by atoms with van der Waals surface area (Å²) in [4.78, 5) is 0. The van der Waals surface area contributed by atoms with Crippen LogP contribution in [0.15, 0.2) is 22.9 Å². The zero-order chi connectivity index (χ0) is 8.55. The summed E-state index contributed by atoms with van der Waals surface area (Å²) in [5.74, 6) is -0.221. The van der Waals surface area contributed by atoms with Crippen LogP contribution in [0.2, 0.25) is 0 Å². The van der Waals surface area contributed by atoms with E-state index in [2.05, 4.69) is 5.16 Å². The molecule has 3 heteroatoms. The van der Waals surface area contributed by atoms with Crippen LogP contribution in [0.5, 0.6) is 0 Å². The molecule has 0 bridgehead atoms. The molecule has 0 amide bonds. The molecule has 0 N–H and O–H groups in total. The van der Waals surface area contributed by atoms with E-state index in [-0.39, 0.29) is 5.82 Å². The molecular formula is C9H8FNO. The molecular weight excluding hydrogens is 157 g/mol. The molecule has 0 radical (unpaired) electrons. The number of fused-ring (bicyclic) bond motifs is 1. The minimum Gasteiger partial charge on any atom is -0.356 e. The van der Waals surface area contributed by atoms with Crippen molar-refractivity contribution in [2.24, 2.45) is 0 Å². The average Bonchev–Trinajstić information content (AvgIpc) is 2.49. The predicted molar refractivity (Wildman–Crippen MR) is 43.3 cm³/mol. The van der Waals surface area contributed by atoms with E-state index in [4.69, 9.17) is 4.52 Å². The molecule has 1 heterocycles. The van der Waals surface area contributed by atoms with Gasteiger partial charge in [0, 0.05) is 11.5 Å². The minimum atomic E-state index is -0.221. The van der Waals surface area contributed by atoms with Crippen LogP contribution >= 0.6 is 0 Å². The van der Waals surface area contributed by atoms with Gasteiger partial charge in [-0.1, -0.05) is 12.1 Å². The second kappa shape index (κ2) is 2.59. The van der Waals surface area contributed by atoms with E-state index in [1.165, 1.54) is 6.07 Å². The molecule has 0 atom stereocenters. The van der Waals surface area contributed by atoms with Crippen LogP contribution in [0, 0.1) is 5.82 Å². The number of rotatable bonds is 1. The third kappa shape index (κ3) is 0.978. The third-order valence-corrected chi connectivity index (χ3v) is 1.90. The Morgan fingerprint density at radius 1 is 1.50 bits per heavy atom. The number of aryl methyl sites for hydroxylation is 1. The molecule has 0 saturated heterocycles. The Hall–Kier alpha value is -1.38. The molecule has 12 heavy (non-hydrogen) atoms. The molecule has 0 aliphatic rings. The molecule has 2 rings (SSSR count). The van der Waals surface area contributed by atoms with E-state index >= 15 is 0 Å². The molecule has 0 aliphatic heterocycles. The maximum absolute atomic E-state index is 13.1. The Labute approximate surface area is 69.0 Å². The van der Waals surface area contributed by atoms with Gasteiger partial charge in [0.05, 0.1) is 6.20 Å². The average molecular weight is 165 g/mol. The second-order valence-corrected chi connectivity index (χ2v) is 2.66. The van der Waals surface area contributed by atoms with Crippen molar-refractivity contribution in [3.8, 4) is 0 Å². The summed E-state index contributed by atoms with van der Waals surface area (Å²) in [5.41, 5.74) is 1.20. The van der Waals surface area contributed by atoms with Gasteiger partial charge in [-0.2, -0.15) is 0 Å². The quantitative estimate of drug-likeness (QED) is 0.649. The highest BCUT2D eigenvalue weighted by Gasteiger charge is 2.05. The molecule has 0 saturated carbocycles. The Balaban J connectivity index is 2.73. The summed E-state index contributed by atoms with van der Waals surface area (Å²) < 4.78 is 17.9. The number of hydrogen-bond acceptors (Lipinski definition) is 2. The van der Waals surface area contributed by atoms with Crippen LogP contribution in [0.25, 0.3) is 11.0 Å². The van der Waals surface area contributed by atoms with E-state index in [1.807, 2.05) is 6.92 Å². The van der Waals surface area contributed by atoms with Crippen molar-refractivity contribution in [1.29, 1.82) is 0 Å². The fourth-order valence-electron chi connectivity index (χ4n) is 1.21. The van der Waals surface area contributed by atoms with Gasteiger partial charge in [-0.3, -0.25) is 0 Å². The van der Waals surface area contributed by atoms with Gasteiger partial charge in [0.15, 0.2) is 5.58 Å². The molecule has 62 valence electrons. The van der Waals surface area contributed by atoms with E-state index in [9.17, 15) is 4.39 Å². The van der Waals surface area contributed by atoms with Crippen LogP contribution in [0.1, 0.15) is 12.5 Å². The lowest BCUT2D eigenvalue weighted by molar-refractivity contribution is 0.454. The highest BCUT2D eigenvalue weighted by Crippen LogP contribution is 2.18. The second-order valence-electron chi connectivity index (χ2n) is 2.66. The molecule has 2 aromatic rings. The van der Waals surface area contributed by atoms with Crippen LogP contribution in [-0.2, 0) is 6.42 Å². The lowest BCUT2D eigenvalue weighted by atomic mass is 10.1. The van der Waals surface area contributed by atoms with Crippen molar-refractivity contribution >= 4 is 11.0 Å². The van der Waals surface area contributed by atoms with Crippen molar-refractivity contribution in [2.45, 2.75) is 13.3 Å². The van der Waals surface area contributed by atoms with E-state index in [1.54, 1.807) is 12.3 Å². The molecule has 1 aromatic heterocycles. The Kier molecular flexibility index (Phi) is 1.57. The fourth-order valence-corrected chi connectivity index (χ4v) is 1.21. The first-order valence-electron chi connectivity index (χ1n) is 3.84. The third-order valence-electron chi connectivity index (χ3n) is 1.90. The Morgan fingerprint density at radius 3 is 3.08 bits per heavy atom. The number of halogens is 1. The smallest absolute Gasteiger partial charge is 0.169 e. The summed E-state index contributed by atoms with van der Waals surface area (Å²) in [6.07, 6.45) is 2.28. The highest BCUT2D eigenvalue weighted by atomic mass is 19.1. The normalized spacial score (nSPS) is 10.8. The molecule has 0 fully saturated rings. The zero-order valence-electron chi connectivity index (χ0n) is 6.67. The number of aromatic nitrogens is 1. The van der Waals surface area contributed by atoms with Crippen molar-refractivity contribution in [1.82, 2.24) is 5.16 Å². The molecule has 0 spiro atoms. The van der Waals surface area contributed by atoms with Gasteiger partial charge < -0.3 is 4.52 Å². The molecule has 2 nitrogen and oxygen atoms in total. The van der Waals surface area contributed by atoms with Gasteiger partial charge in [0.25, 0.3) is 0 Å². The van der Waals surface area contributed by atoms with E-state index in [0.29, 0.717) is 17.6 Å². The standard InChI is InChI=1S/C9H8FNO/c1-2-6-3-7-5-11-12-9(7)4-8(6)10/h3-5H,2H2,1H3. The molecule has 0 aliphatic carbocycles. The first kappa shape index (κ1) is 7.28. The summed E-state index contributed by atoms with van der Waals surface area (Å²) in [6, 6.07) is 3.14. The zero-order valence-corrected chi connectivity index (χ0v) is 6.67. The summed E-state index contributed by atoms with van der Waals surface area (Å²) in [7, 11) is 0. The minimum absolute atomic E-state index is 0.221. The van der Waals surface area contributed by atoms with Gasteiger partial charge in [0.1, 0.15) is 5.82 Å². The van der Waals surface area contributed by atoms with Crippen molar-refractivity contribution in [3.05, 3.63) is 29.7 Å². The van der Waals surface area contributed by atoms with Crippen LogP contribution in [0.4, 0.5) is 4.39 Å². The van der Waals surface area contributed by atoms with Gasteiger partial charge in [0.2, 0.25) is 0 Å².